The lowest BCUT2D eigenvalue weighted by Crippen LogP contribution is -2.38. The quantitative estimate of drug-likeness (QED) is 0.538. The molecule has 3 aromatic rings. The number of nitrogens with zero attached hydrogens (tertiary/aromatic N) is 4. The van der Waals surface area contributed by atoms with Gasteiger partial charge in [0.05, 0.1) is 15.7 Å². The van der Waals surface area contributed by atoms with E-state index >= 15 is 0 Å². The van der Waals surface area contributed by atoms with Gasteiger partial charge in [-0.1, -0.05) is 30.3 Å². The van der Waals surface area contributed by atoms with Crippen molar-refractivity contribution in [1.82, 2.24) is 25.1 Å². The lowest BCUT2D eigenvalue weighted by Gasteiger charge is -2.30. The summed E-state index contributed by atoms with van der Waals surface area (Å²) in [5.41, 5.74) is 2.63. The maximum absolute atomic E-state index is 12.9. The monoisotopic (exact) mass is 509 g/mol. The summed E-state index contributed by atoms with van der Waals surface area (Å²) in [5.74, 6) is 0.300. The Morgan fingerprint density at radius 1 is 1.06 bits per heavy atom. The number of carbonyl (C=O) groups is 2. The number of hydrogen-bond donors (Lipinski definition) is 1. The number of aromatic nitrogens is 2. The molecule has 2 aromatic heterocycles. The topological polar surface area (TPSA) is 78.4 Å². The minimum absolute atomic E-state index is 0.0808. The van der Waals surface area contributed by atoms with Gasteiger partial charge in [0, 0.05) is 50.1 Å². The fraction of sp³-hybridized carbons (Fsp3) is 0.462. The predicted molar refractivity (Wildman–Crippen MR) is 139 cm³/mol. The fourth-order valence-electron chi connectivity index (χ4n) is 4.98. The van der Waals surface area contributed by atoms with E-state index in [4.69, 9.17) is 0 Å². The lowest BCUT2D eigenvalue weighted by molar-refractivity contribution is 0.0717. The predicted octanol–water partition coefficient (Wildman–Crippen LogP) is 4.24. The molecule has 0 aliphatic carbocycles. The van der Waals surface area contributed by atoms with Crippen LogP contribution in [-0.4, -0.2) is 63.8 Å². The van der Waals surface area contributed by atoms with Gasteiger partial charge in [-0.3, -0.25) is 14.5 Å². The average Bonchev–Trinajstić information content (AvgIpc) is 3.60. The van der Waals surface area contributed by atoms with E-state index in [-0.39, 0.29) is 17.9 Å². The van der Waals surface area contributed by atoms with Crippen molar-refractivity contribution in [3.8, 4) is 0 Å². The van der Waals surface area contributed by atoms with E-state index in [1.165, 1.54) is 16.9 Å². The minimum atomic E-state index is -0.0808. The standard InChI is InChI=1S/C26H31N5O2S2/c1-17-23(35-18(2)27-17)26(33)31-12-8-20(9-13-31)25-29-22(16-34-25)24(32)28-21-10-11-30(15-21)14-19-6-4-3-5-7-19/h3-7,16,20-21H,8-15H2,1-2H3,(H,28,32). The first-order valence-corrected chi connectivity index (χ1v) is 13.9. The highest BCUT2D eigenvalue weighted by atomic mass is 32.1. The zero-order valence-electron chi connectivity index (χ0n) is 20.2. The molecular weight excluding hydrogens is 478 g/mol. The highest BCUT2D eigenvalue weighted by Gasteiger charge is 2.29. The highest BCUT2D eigenvalue weighted by molar-refractivity contribution is 7.13. The summed E-state index contributed by atoms with van der Waals surface area (Å²) < 4.78 is 0. The van der Waals surface area contributed by atoms with Crippen LogP contribution in [0.4, 0.5) is 0 Å². The van der Waals surface area contributed by atoms with Crippen LogP contribution in [0.15, 0.2) is 35.7 Å². The molecule has 9 heteroatoms. The summed E-state index contributed by atoms with van der Waals surface area (Å²) in [5, 5.41) is 6.99. The van der Waals surface area contributed by atoms with Crippen molar-refractivity contribution < 1.29 is 9.59 Å². The van der Waals surface area contributed by atoms with Gasteiger partial charge in [-0.2, -0.15) is 0 Å². The molecule has 5 rings (SSSR count). The molecule has 0 radical (unpaired) electrons. The molecule has 1 unspecified atom stereocenters. The van der Waals surface area contributed by atoms with Gasteiger partial charge in [0.1, 0.15) is 10.6 Å². The van der Waals surface area contributed by atoms with Crippen LogP contribution < -0.4 is 5.32 Å². The Labute approximate surface area is 214 Å². The Bertz CT molecular complexity index is 1180. The van der Waals surface area contributed by atoms with E-state index in [1.807, 2.05) is 30.2 Å². The SMILES string of the molecule is Cc1nc(C)c(C(=O)N2CCC(c3nc(C(=O)NC4CCN(Cc5ccccc5)C4)cs3)CC2)s1. The van der Waals surface area contributed by atoms with Crippen LogP contribution in [0.25, 0.3) is 0 Å². The van der Waals surface area contributed by atoms with Crippen molar-refractivity contribution >= 4 is 34.5 Å². The van der Waals surface area contributed by atoms with Crippen molar-refractivity contribution in [2.24, 2.45) is 0 Å². The second-order valence-corrected chi connectivity index (χ2v) is 11.6. The van der Waals surface area contributed by atoms with Crippen LogP contribution in [0.1, 0.15) is 66.6 Å². The minimum Gasteiger partial charge on any atom is -0.347 e. The van der Waals surface area contributed by atoms with Gasteiger partial charge in [-0.25, -0.2) is 9.97 Å². The smallest absolute Gasteiger partial charge is 0.271 e. The summed E-state index contributed by atoms with van der Waals surface area (Å²) in [6, 6.07) is 10.6. The van der Waals surface area contributed by atoms with Crippen molar-refractivity contribution in [2.75, 3.05) is 26.2 Å². The molecule has 1 atom stereocenters. The van der Waals surface area contributed by atoms with Gasteiger partial charge in [0.15, 0.2) is 0 Å². The Morgan fingerprint density at radius 3 is 2.54 bits per heavy atom. The molecule has 184 valence electrons. The van der Waals surface area contributed by atoms with Gasteiger partial charge in [-0.15, -0.1) is 22.7 Å². The highest BCUT2D eigenvalue weighted by Crippen LogP contribution is 2.32. The molecule has 35 heavy (non-hydrogen) atoms. The van der Waals surface area contributed by atoms with E-state index in [2.05, 4.69) is 44.5 Å². The summed E-state index contributed by atoms with van der Waals surface area (Å²) in [7, 11) is 0. The number of amides is 2. The van der Waals surface area contributed by atoms with Gasteiger partial charge in [0.2, 0.25) is 0 Å². The van der Waals surface area contributed by atoms with Crippen molar-refractivity contribution in [2.45, 2.75) is 51.6 Å². The molecule has 7 nitrogen and oxygen atoms in total. The van der Waals surface area contributed by atoms with E-state index in [9.17, 15) is 9.59 Å². The number of rotatable bonds is 6. The maximum Gasteiger partial charge on any atom is 0.271 e. The number of carbonyl (C=O) groups excluding carboxylic acids is 2. The Morgan fingerprint density at radius 2 is 1.83 bits per heavy atom. The number of hydrogen-bond acceptors (Lipinski definition) is 7. The first-order valence-electron chi connectivity index (χ1n) is 12.2. The molecule has 2 aliphatic rings. The van der Waals surface area contributed by atoms with Crippen molar-refractivity contribution in [1.29, 1.82) is 0 Å². The Hall–Kier alpha value is -2.62. The van der Waals surface area contributed by atoms with Crippen LogP contribution >= 0.6 is 22.7 Å². The van der Waals surface area contributed by atoms with E-state index in [0.29, 0.717) is 24.7 Å². The van der Waals surface area contributed by atoms with Gasteiger partial charge in [-0.05, 0) is 38.7 Å². The third-order valence-electron chi connectivity index (χ3n) is 6.84. The number of aryl methyl sites for hydroxylation is 2. The summed E-state index contributed by atoms with van der Waals surface area (Å²) >= 11 is 3.04. The number of likely N-dealkylation sites (tertiary alicyclic amines) is 2. The Kier molecular flexibility index (Phi) is 7.27. The van der Waals surface area contributed by atoms with Crippen molar-refractivity contribution in [3.63, 3.8) is 0 Å². The van der Waals surface area contributed by atoms with Crippen LogP contribution in [0.3, 0.4) is 0 Å². The molecule has 1 aromatic carbocycles. The molecule has 0 saturated carbocycles. The third kappa shape index (κ3) is 5.63. The van der Waals surface area contributed by atoms with Crippen LogP contribution in [-0.2, 0) is 6.54 Å². The zero-order valence-corrected chi connectivity index (χ0v) is 21.8. The summed E-state index contributed by atoms with van der Waals surface area (Å²) in [4.78, 5) is 39.9. The molecular formula is C26H31N5O2S2. The summed E-state index contributed by atoms with van der Waals surface area (Å²) in [6.07, 6.45) is 2.70. The molecule has 0 spiro atoms. The van der Waals surface area contributed by atoms with Gasteiger partial charge < -0.3 is 10.2 Å². The molecule has 1 N–H and O–H groups in total. The number of benzene rings is 1. The number of piperidine rings is 1. The number of thiazole rings is 2. The average molecular weight is 510 g/mol. The normalized spacial score (nSPS) is 19.3. The second kappa shape index (κ2) is 10.6. The van der Waals surface area contributed by atoms with E-state index < -0.39 is 0 Å². The molecule has 0 bridgehead atoms. The van der Waals surface area contributed by atoms with Crippen LogP contribution in [0, 0.1) is 13.8 Å². The lowest BCUT2D eigenvalue weighted by atomic mass is 9.97. The second-order valence-electron chi connectivity index (χ2n) is 9.46. The largest absolute Gasteiger partial charge is 0.347 e. The van der Waals surface area contributed by atoms with E-state index in [0.717, 1.165) is 59.5 Å². The first-order chi connectivity index (χ1) is 17.0. The molecule has 2 amide bonds. The van der Waals surface area contributed by atoms with Gasteiger partial charge >= 0.3 is 0 Å². The molecule has 4 heterocycles. The zero-order chi connectivity index (χ0) is 24.4. The molecule has 2 aliphatic heterocycles. The van der Waals surface area contributed by atoms with Crippen LogP contribution in [0.5, 0.6) is 0 Å². The number of nitrogens with one attached hydrogen (secondary N) is 1. The van der Waals surface area contributed by atoms with E-state index in [1.54, 1.807) is 11.3 Å². The third-order valence-corrected chi connectivity index (χ3v) is 8.91. The van der Waals surface area contributed by atoms with Gasteiger partial charge in [0.25, 0.3) is 11.8 Å². The van der Waals surface area contributed by atoms with Crippen LogP contribution in [0.2, 0.25) is 0 Å². The first kappa shape index (κ1) is 24.1. The fourth-order valence-corrected chi connectivity index (χ4v) is 6.84. The summed E-state index contributed by atoms with van der Waals surface area (Å²) in [6.45, 7) is 8.02. The maximum atomic E-state index is 12.9. The molecule has 2 saturated heterocycles. The van der Waals surface area contributed by atoms with Crippen molar-refractivity contribution in [3.05, 3.63) is 67.6 Å². The molecule has 2 fully saturated rings. The Balaban J connectivity index is 1.11.